The summed E-state index contributed by atoms with van der Waals surface area (Å²) in [6.45, 7) is 2.06. The van der Waals surface area contributed by atoms with Gasteiger partial charge in [-0.05, 0) is 25.7 Å². The van der Waals surface area contributed by atoms with Crippen LogP contribution in [0.3, 0.4) is 0 Å². The lowest BCUT2D eigenvalue weighted by molar-refractivity contribution is 0.0526. The lowest BCUT2D eigenvalue weighted by atomic mass is 9.87. The second kappa shape index (κ2) is 6.04. The first-order valence-corrected chi connectivity index (χ1v) is 7.11. The highest BCUT2D eigenvalue weighted by molar-refractivity contribution is 7.99. The van der Waals surface area contributed by atoms with E-state index in [9.17, 15) is 4.79 Å². The van der Waals surface area contributed by atoms with E-state index in [1.165, 1.54) is 25.5 Å². The van der Waals surface area contributed by atoms with Gasteiger partial charge in [-0.25, -0.2) is 14.8 Å². The van der Waals surface area contributed by atoms with Gasteiger partial charge >= 0.3 is 5.97 Å². The average Bonchev–Trinajstić information content (AvgIpc) is 2.27. The van der Waals surface area contributed by atoms with E-state index in [2.05, 4.69) is 9.97 Å². The summed E-state index contributed by atoms with van der Waals surface area (Å²) in [5.74, 6) is 1.53. The number of esters is 1. The summed E-state index contributed by atoms with van der Waals surface area (Å²) in [6.07, 6.45) is 5.37. The van der Waals surface area contributed by atoms with Crippen molar-refractivity contribution in [3.8, 4) is 0 Å². The van der Waals surface area contributed by atoms with Gasteiger partial charge in [-0.15, -0.1) is 0 Å². The Bertz CT molecular complexity index is 435. The number of carbonyl (C=O) groups is 1. The van der Waals surface area contributed by atoms with Gasteiger partial charge < -0.3 is 10.5 Å². The summed E-state index contributed by atoms with van der Waals surface area (Å²) in [6, 6.07) is 0. The van der Waals surface area contributed by atoms with Gasteiger partial charge in [0.15, 0.2) is 5.16 Å². The molecule has 0 bridgehead atoms. The number of hydrogen-bond donors (Lipinski definition) is 1. The van der Waals surface area contributed by atoms with Crippen LogP contribution in [0.15, 0.2) is 11.4 Å². The maximum Gasteiger partial charge on any atom is 0.343 e. The molecule has 0 saturated heterocycles. The van der Waals surface area contributed by atoms with E-state index in [0.717, 1.165) is 11.7 Å². The molecule has 98 valence electrons. The molecule has 0 amide bonds. The minimum atomic E-state index is -0.467. The number of thioether (sulfide) groups is 1. The highest BCUT2D eigenvalue weighted by atomic mass is 32.2. The van der Waals surface area contributed by atoms with Crippen molar-refractivity contribution in [1.29, 1.82) is 0 Å². The molecule has 2 N–H and O–H groups in total. The molecule has 6 heteroatoms. The summed E-state index contributed by atoms with van der Waals surface area (Å²) in [7, 11) is 0. The zero-order valence-corrected chi connectivity index (χ0v) is 11.2. The normalized spacial score (nSPS) is 15.2. The molecular formula is C12H17N3O2S. The molecule has 5 nitrogen and oxygen atoms in total. The Kier molecular flexibility index (Phi) is 4.41. The summed E-state index contributed by atoms with van der Waals surface area (Å²) in [4.78, 5) is 19.8. The smallest absolute Gasteiger partial charge is 0.343 e. The van der Waals surface area contributed by atoms with E-state index in [1.807, 2.05) is 0 Å². The Balaban J connectivity index is 1.97. The lowest BCUT2D eigenvalue weighted by Gasteiger charge is -2.24. The Hall–Kier alpha value is -1.30. The molecule has 1 fully saturated rings. The van der Waals surface area contributed by atoms with Gasteiger partial charge in [0, 0.05) is 11.9 Å². The second-order valence-corrected chi connectivity index (χ2v) is 5.27. The van der Waals surface area contributed by atoms with Gasteiger partial charge in [-0.2, -0.15) is 0 Å². The molecule has 0 aliphatic heterocycles. The van der Waals surface area contributed by atoms with E-state index in [-0.39, 0.29) is 11.4 Å². The Morgan fingerprint density at radius 2 is 2.39 bits per heavy atom. The third-order valence-electron chi connectivity index (χ3n) is 2.96. The van der Waals surface area contributed by atoms with E-state index in [0.29, 0.717) is 11.8 Å². The van der Waals surface area contributed by atoms with Crippen molar-refractivity contribution in [3.05, 3.63) is 11.8 Å². The monoisotopic (exact) mass is 267 g/mol. The number of nitrogens with zero attached hydrogens (tertiary/aromatic N) is 2. The number of nitrogens with two attached hydrogens (primary N) is 1. The minimum Gasteiger partial charge on any atom is -0.462 e. The van der Waals surface area contributed by atoms with Crippen LogP contribution in [0.25, 0.3) is 0 Å². The van der Waals surface area contributed by atoms with Crippen LogP contribution < -0.4 is 5.73 Å². The van der Waals surface area contributed by atoms with Crippen molar-refractivity contribution in [2.24, 2.45) is 5.92 Å². The van der Waals surface area contributed by atoms with E-state index in [4.69, 9.17) is 10.5 Å². The molecule has 1 aromatic heterocycles. The predicted molar refractivity (Wildman–Crippen MR) is 70.5 cm³/mol. The summed E-state index contributed by atoms with van der Waals surface area (Å²) < 4.78 is 4.87. The van der Waals surface area contributed by atoms with Crippen LogP contribution in [0.1, 0.15) is 36.5 Å². The summed E-state index contributed by atoms with van der Waals surface area (Å²) in [5.41, 5.74) is 5.98. The fourth-order valence-electron chi connectivity index (χ4n) is 1.67. The van der Waals surface area contributed by atoms with Crippen LogP contribution in [0.5, 0.6) is 0 Å². The molecule has 1 saturated carbocycles. The number of nitrogen functional groups attached to an aromatic ring is 1. The van der Waals surface area contributed by atoms with E-state index in [1.54, 1.807) is 18.7 Å². The molecule has 0 radical (unpaired) electrons. The zero-order valence-electron chi connectivity index (χ0n) is 10.4. The minimum absolute atomic E-state index is 0.194. The first-order valence-electron chi connectivity index (χ1n) is 6.13. The molecule has 1 aliphatic carbocycles. The van der Waals surface area contributed by atoms with Crippen molar-refractivity contribution in [1.82, 2.24) is 9.97 Å². The van der Waals surface area contributed by atoms with Gasteiger partial charge in [-0.3, -0.25) is 0 Å². The van der Waals surface area contributed by atoms with Gasteiger partial charge in [0.25, 0.3) is 0 Å². The second-order valence-electron chi connectivity index (χ2n) is 4.28. The first-order chi connectivity index (χ1) is 8.70. The molecule has 1 aliphatic rings. The quantitative estimate of drug-likeness (QED) is 0.500. The highest BCUT2D eigenvalue weighted by Crippen LogP contribution is 2.31. The van der Waals surface area contributed by atoms with Crippen LogP contribution in [-0.4, -0.2) is 28.3 Å². The number of ether oxygens (including phenoxy) is 1. The van der Waals surface area contributed by atoms with Crippen LogP contribution in [-0.2, 0) is 4.74 Å². The standard InChI is InChI=1S/C12H17N3O2S/c1-2-17-11(16)9-6-14-12(15-10(9)13)18-7-8-4-3-5-8/h6,8H,2-5,7H2,1H3,(H2,13,14,15). The van der Waals surface area contributed by atoms with E-state index >= 15 is 0 Å². The number of rotatable bonds is 5. The van der Waals surface area contributed by atoms with Gasteiger partial charge in [-0.1, -0.05) is 18.2 Å². The van der Waals surface area contributed by atoms with Crippen LogP contribution in [0.4, 0.5) is 5.82 Å². The largest absolute Gasteiger partial charge is 0.462 e. The topological polar surface area (TPSA) is 78.1 Å². The lowest BCUT2D eigenvalue weighted by Crippen LogP contribution is -2.14. The molecule has 1 heterocycles. The molecule has 2 rings (SSSR count). The molecular weight excluding hydrogens is 250 g/mol. The molecule has 0 spiro atoms. The molecule has 1 aromatic rings. The summed E-state index contributed by atoms with van der Waals surface area (Å²) in [5, 5.41) is 0.632. The van der Waals surface area contributed by atoms with Crippen molar-refractivity contribution >= 4 is 23.5 Å². The van der Waals surface area contributed by atoms with Crippen LogP contribution in [0.2, 0.25) is 0 Å². The van der Waals surface area contributed by atoms with E-state index < -0.39 is 5.97 Å². The number of anilines is 1. The Morgan fingerprint density at radius 1 is 1.61 bits per heavy atom. The fourth-order valence-corrected chi connectivity index (χ4v) is 2.67. The highest BCUT2D eigenvalue weighted by Gasteiger charge is 2.19. The molecule has 0 unspecified atom stereocenters. The Labute approximate surface area is 111 Å². The van der Waals surface area contributed by atoms with Crippen molar-refractivity contribution in [2.75, 3.05) is 18.1 Å². The predicted octanol–water partition coefficient (Wildman–Crippen LogP) is 2.13. The van der Waals surface area contributed by atoms with Crippen molar-refractivity contribution in [3.63, 3.8) is 0 Å². The first kappa shape index (κ1) is 13.1. The average molecular weight is 267 g/mol. The maximum atomic E-state index is 11.5. The summed E-state index contributed by atoms with van der Waals surface area (Å²) >= 11 is 1.60. The third-order valence-corrected chi connectivity index (χ3v) is 4.06. The zero-order chi connectivity index (χ0) is 13.0. The van der Waals surface area contributed by atoms with Crippen molar-refractivity contribution in [2.45, 2.75) is 31.3 Å². The number of aromatic nitrogens is 2. The SMILES string of the molecule is CCOC(=O)c1cnc(SCC2CCC2)nc1N. The number of hydrogen-bond acceptors (Lipinski definition) is 6. The maximum absolute atomic E-state index is 11.5. The molecule has 0 atom stereocenters. The van der Waals surface area contributed by atoms with Crippen LogP contribution >= 0.6 is 11.8 Å². The number of carbonyl (C=O) groups excluding carboxylic acids is 1. The molecule has 18 heavy (non-hydrogen) atoms. The Morgan fingerprint density at radius 3 is 2.94 bits per heavy atom. The van der Waals surface area contributed by atoms with Gasteiger partial charge in [0.05, 0.1) is 6.61 Å². The fraction of sp³-hybridized carbons (Fsp3) is 0.583. The third kappa shape index (κ3) is 3.13. The van der Waals surface area contributed by atoms with Gasteiger partial charge in [0.1, 0.15) is 11.4 Å². The van der Waals surface area contributed by atoms with Crippen molar-refractivity contribution < 1.29 is 9.53 Å². The van der Waals surface area contributed by atoms with Crippen LogP contribution in [0, 0.1) is 5.92 Å². The molecule has 0 aromatic carbocycles. The van der Waals surface area contributed by atoms with Gasteiger partial charge in [0.2, 0.25) is 0 Å².